The molecule has 1 amide bonds. The van der Waals surface area contributed by atoms with Crippen LogP contribution in [0.15, 0.2) is 53.4 Å². The van der Waals surface area contributed by atoms with E-state index in [1.807, 2.05) is 24.3 Å². The predicted octanol–water partition coefficient (Wildman–Crippen LogP) is 3.94. The molecule has 1 atom stereocenters. The van der Waals surface area contributed by atoms with Gasteiger partial charge in [-0.15, -0.1) is 0 Å². The first-order chi connectivity index (χ1) is 13.1. The number of amides is 1. The van der Waals surface area contributed by atoms with Crippen molar-refractivity contribution in [3.8, 4) is 0 Å². The van der Waals surface area contributed by atoms with Crippen LogP contribution < -0.4 is 15.4 Å². The summed E-state index contributed by atoms with van der Waals surface area (Å²) < 4.78 is 26.9. The van der Waals surface area contributed by atoms with Crippen LogP contribution in [0.4, 0.5) is 11.4 Å². The molecule has 7 heteroatoms. The largest absolute Gasteiger partial charge is 0.374 e. The average molecular weight is 404 g/mol. The summed E-state index contributed by atoms with van der Waals surface area (Å²) in [6.45, 7) is 9.53. The molecule has 6 nitrogen and oxygen atoms in total. The molecule has 0 spiro atoms. The summed E-state index contributed by atoms with van der Waals surface area (Å²) in [5.41, 5.74) is 2.62. The van der Waals surface area contributed by atoms with Gasteiger partial charge in [-0.2, -0.15) is 0 Å². The van der Waals surface area contributed by atoms with Crippen LogP contribution in [-0.4, -0.2) is 26.4 Å². The van der Waals surface area contributed by atoms with E-state index >= 15 is 0 Å². The zero-order valence-corrected chi connectivity index (χ0v) is 17.8. The number of carbonyl (C=O) groups excluding carboxylic acids is 1. The van der Waals surface area contributed by atoms with Crippen molar-refractivity contribution in [3.63, 3.8) is 0 Å². The van der Waals surface area contributed by atoms with E-state index in [0.717, 1.165) is 11.3 Å². The van der Waals surface area contributed by atoms with Crippen molar-refractivity contribution in [3.05, 3.63) is 54.1 Å². The summed E-state index contributed by atoms with van der Waals surface area (Å²) >= 11 is 0. The van der Waals surface area contributed by atoms with E-state index in [0.29, 0.717) is 11.6 Å². The molecular weight excluding hydrogens is 374 g/mol. The second kappa shape index (κ2) is 9.21. The Morgan fingerprint density at radius 2 is 1.50 bits per heavy atom. The fourth-order valence-corrected chi connectivity index (χ4v) is 4.03. The Kier molecular flexibility index (Phi) is 7.21. The van der Waals surface area contributed by atoms with Crippen molar-refractivity contribution in [2.75, 3.05) is 10.6 Å². The molecule has 2 aromatic rings. The minimum absolute atomic E-state index is 0.163. The van der Waals surface area contributed by atoms with E-state index in [9.17, 15) is 13.2 Å². The number of hydrogen-bond donors (Lipinski definition) is 3. The van der Waals surface area contributed by atoms with Crippen LogP contribution in [0.25, 0.3) is 0 Å². The second-order valence-electron chi connectivity index (χ2n) is 7.40. The van der Waals surface area contributed by atoms with E-state index in [-0.39, 0.29) is 16.8 Å². The molecular formula is C21H29N3O3S. The molecule has 2 aromatic carbocycles. The molecule has 0 fully saturated rings. The van der Waals surface area contributed by atoms with Crippen LogP contribution in [-0.2, 0) is 14.8 Å². The van der Waals surface area contributed by atoms with Gasteiger partial charge in [-0.25, -0.2) is 13.1 Å². The molecule has 0 saturated carbocycles. The molecule has 0 heterocycles. The van der Waals surface area contributed by atoms with Crippen LogP contribution in [0.5, 0.6) is 0 Å². The summed E-state index contributed by atoms with van der Waals surface area (Å²) in [5, 5.41) is 6.06. The van der Waals surface area contributed by atoms with Gasteiger partial charge in [0.05, 0.1) is 4.90 Å². The Labute approximate surface area is 167 Å². The first-order valence-corrected chi connectivity index (χ1v) is 10.9. The van der Waals surface area contributed by atoms with E-state index in [1.165, 1.54) is 12.1 Å². The number of sulfonamides is 1. The van der Waals surface area contributed by atoms with E-state index in [1.54, 1.807) is 32.9 Å². The molecule has 0 bridgehead atoms. The summed E-state index contributed by atoms with van der Waals surface area (Å²) in [7, 11) is -3.55. The number of hydrogen-bond acceptors (Lipinski definition) is 4. The molecule has 0 aliphatic heterocycles. The number of para-hydroxylation sites is 1. The Morgan fingerprint density at radius 3 is 2.07 bits per heavy atom. The molecule has 152 valence electrons. The molecule has 0 saturated heterocycles. The maximum Gasteiger partial charge on any atom is 0.246 e. The smallest absolute Gasteiger partial charge is 0.246 e. The minimum atomic E-state index is -3.55. The lowest BCUT2D eigenvalue weighted by atomic mass is 10.0. The van der Waals surface area contributed by atoms with Crippen molar-refractivity contribution in [2.45, 2.75) is 57.5 Å². The minimum Gasteiger partial charge on any atom is -0.374 e. The third-order valence-electron chi connectivity index (χ3n) is 4.17. The highest BCUT2D eigenvalue weighted by atomic mass is 32.2. The molecule has 0 aromatic heterocycles. The summed E-state index contributed by atoms with van der Waals surface area (Å²) in [4.78, 5) is 12.7. The van der Waals surface area contributed by atoms with Gasteiger partial charge in [0.25, 0.3) is 0 Å². The highest BCUT2D eigenvalue weighted by molar-refractivity contribution is 7.89. The first kappa shape index (κ1) is 21.9. The lowest BCUT2D eigenvalue weighted by Gasteiger charge is -2.19. The normalized spacial score (nSPS) is 12.8. The SMILES string of the molecule is CC(C)NS(=O)(=O)c1ccc(NC(=O)[C@H](C)Nc2ccccc2C(C)C)cc1. The van der Waals surface area contributed by atoms with E-state index in [2.05, 4.69) is 29.2 Å². The Morgan fingerprint density at radius 1 is 0.893 bits per heavy atom. The fourth-order valence-electron chi connectivity index (χ4n) is 2.78. The van der Waals surface area contributed by atoms with Crippen molar-refractivity contribution in [1.82, 2.24) is 4.72 Å². The quantitative estimate of drug-likeness (QED) is 0.623. The van der Waals surface area contributed by atoms with Crippen molar-refractivity contribution < 1.29 is 13.2 Å². The summed E-state index contributed by atoms with van der Waals surface area (Å²) in [6.07, 6.45) is 0. The van der Waals surface area contributed by atoms with Crippen molar-refractivity contribution >= 4 is 27.3 Å². The van der Waals surface area contributed by atoms with Gasteiger partial charge in [0, 0.05) is 17.4 Å². The van der Waals surface area contributed by atoms with Crippen LogP contribution >= 0.6 is 0 Å². The van der Waals surface area contributed by atoms with Gasteiger partial charge in [0.1, 0.15) is 6.04 Å². The van der Waals surface area contributed by atoms with Gasteiger partial charge >= 0.3 is 0 Å². The number of anilines is 2. The van der Waals surface area contributed by atoms with Crippen LogP contribution in [0.2, 0.25) is 0 Å². The molecule has 28 heavy (non-hydrogen) atoms. The summed E-state index contributed by atoms with van der Waals surface area (Å²) in [5.74, 6) is 0.141. The molecule has 0 radical (unpaired) electrons. The Hall–Kier alpha value is -2.38. The topological polar surface area (TPSA) is 87.3 Å². The molecule has 3 N–H and O–H groups in total. The third kappa shape index (κ3) is 5.81. The number of nitrogens with one attached hydrogen (secondary N) is 3. The van der Waals surface area contributed by atoms with Gasteiger partial charge < -0.3 is 10.6 Å². The van der Waals surface area contributed by atoms with Gasteiger partial charge in [-0.05, 0) is 62.6 Å². The zero-order chi connectivity index (χ0) is 20.9. The molecule has 0 aliphatic carbocycles. The maximum absolute atomic E-state index is 12.5. The van der Waals surface area contributed by atoms with Crippen LogP contribution in [0, 0.1) is 0 Å². The Bertz CT molecular complexity index is 907. The fraction of sp³-hybridized carbons (Fsp3) is 0.381. The highest BCUT2D eigenvalue weighted by Crippen LogP contribution is 2.24. The third-order valence-corrected chi connectivity index (χ3v) is 5.85. The number of carbonyl (C=O) groups is 1. The monoisotopic (exact) mass is 403 g/mol. The van der Waals surface area contributed by atoms with E-state index < -0.39 is 16.1 Å². The standard InChI is InChI=1S/C21H29N3O3S/c1-14(2)19-8-6-7-9-20(19)22-16(5)21(25)23-17-10-12-18(13-11-17)28(26,27)24-15(3)4/h6-16,22,24H,1-5H3,(H,23,25)/t16-/m0/s1. The van der Waals surface area contributed by atoms with Crippen LogP contribution in [0.3, 0.4) is 0 Å². The molecule has 0 aliphatic rings. The summed E-state index contributed by atoms with van der Waals surface area (Å²) in [6, 6.07) is 13.4. The van der Waals surface area contributed by atoms with Gasteiger partial charge in [-0.3, -0.25) is 4.79 Å². The van der Waals surface area contributed by atoms with Crippen LogP contribution in [0.1, 0.15) is 46.1 Å². The first-order valence-electron chi connectivity index (χ1n) is 9.39. The molecule has 0 unspecified atom stereocenters. The van der Waals surface area contributed by atoms with E-state index in [4.69, 9.17) is 0 Å². The molecule has 2 rings (SSSR count). The Balaban J connectivity index is 2.05. The average Bonchev–Trinajstić information content (AvgIpc) is 2.61. The van der Waals surface area contributed by atoms with Gasteiger partial charge in [-0.1, -0.05) is 32.0 Å². The lowest BCUT2D eigenvalue weighted by Crippen LogP contribution is -2.32. The zero-order valence-electron chi connectivity index (χ0n) is 17.0. The predicted molar refractivity (Wildman–Crippen MR) is 114 cm³/mol. The van der Waals surface area contributed by atoms with Gasteiger partial charge in [0.15, 0.2) is 0 Å². The second-order valence-corrected chi connectivity index (χ2v) is 9.11. The number of benzene rings is 2. The van der Waals surface area contributed by atoms with Crippen molar-refractivity contribution in [1.29, 1.82) is 0 Å². The lowest BCUT2D eigenvalue weighted by molar-refractivity contribution is -0.116. The highest BCUT2D eigenvalue weighted by Gasteiger charge is 2.17. The maximum atomic E-state index is 12.5. The number of rotatable bonds is 8. The van der Waals surface area contributed by atoms with Gasteiger partial charge in [0.2, 0.25) is 15.9 Å². The van der Waals surface area contributed by atoms with Crippen molar-refractivity contribution in [2.24, 2.45) is 0 Å².